The van der Waals surface area contributed by atoms with E-state index in [2.05, 4.69) is 10.6 Å². The number of nitrogens with one attached hydrogen (secondary N) is 2. The van der Waals surface area contributed by atoms with Crippen molar-refractivity contribution in [1.29, 1.82) is 0 Å². The molecule has 0 radical (unpaired) electrons. The molecule has 0 aromatic rings. The van der Waals surface area contributed by atoms with Crippen LogP contribution < -0.4 is 10.6 Å². The first-order valence-electron chi connectivity index (χ1n) is 9.21. The molecule has 4 aliphatic rings. The van der Waals surface area contributed by atoms with Gasteiger partial charge in [-0.15, -0.1) is 0 Å². The summed E-state index contributed by atoms with van der Waals surface area (Å²) in [6.45, 7) is 0.690. The van der Waals surface area contributed by atoms with Crippen molar-refractivity contribution in [2.24, 2.45) is 0 Å². The average Bonchev–Trinajstić information content (AvgIpc) is 2.94. The van der Waals surface area contributed by atoms with Gasteiger partial charge in [0.15, 0.2) is 0 Å². The standard InChI is InChI=1S/C17H28N2O4/c20-15(19-11-5-6-11)8-12-7-13-17(22-12)16(21)14(23-13)9-18-10-3-1-2-4-10/h10-14,16-18,21H,1-9H2,(H,19,20)/t12-,13+,14+,16+,17-/m0/s1. The van der Waals surface area contributed by atoms with E-state index in [1.54, 1.807) is 0 Å². The van der Waals surface area contributed by atoms with Crippen LogP contribution in [0.25, 0.3) is 0 Å². The predicted molar refractivity (Wildman–Crippen MR) is 84.0 cm³/mol. The quantitative estimate of drug-likeness (QED) is 0.662. The van der Waals surface area contributed by atoms with Crippen LogP contribution >= 0.6 is 0 Å². The number of rotatable bonds is 6. The molecule has 5 atom stereocenters. The van der Waals surface area contributed by atoms with Crippen molar-refractivity contribution in [3.8, 4) is 0 Å². The molecule has 2 heterocycles. The Balaban J connectivity index is 1.21. The number of aliphatic hydroxyl groups excluding tert-OH is 1. The molecule has 2 aliphatic carbocycles. The molecule has 6 heteroatoms. The smallest absolute Gasteiger partial charge is 0.222 e. The zero-order valence-corrected chi connectivity index (χ0v) is 13.6. The average molecular weight is 324 g/mol. The second-order valence-corrected chi connectivity index (χ2v) is 7.60. The van der Waals surface area contributed by atoms with E-state index in [0.29, 0.717) is 31.5 Å². The Hall–Kier alpha value is -0.690. The molecular weight excluding hydrogens is 296 g/mol. The summed E-state index contributed by atoms with van der Waals surface area (Å²) in [7, 11) is 0. The highest BCUT2D eigenvalue weighted by molar-refractivity contribution is 5.77. The number of carbonyl (C=O) groups is 1. The Morgan fingerprint density at radius 2 is 1.87 bits per heavy atom. The molecule has 3 N–H and O–H groups in total. The molecule has 23 heavy (non-hydrogen) atoms. The first-order chi connectivity index (χ1) is 11.2. The van der Waals surface area contributed by atoms with Gasteiger partial charge in [-0.25, -0.2) is 0 Å². The summed E-state index contributed by atoms with van der Waals surface area (Å²) < 4.78 is 11.9. The van der Waals surface area contributed by atoms with Gasteiger partial charge in [0.1, 0.15) is 12.2 Å². The maximum absolute atomic E-state index is 11.9. The predicted octanol–water partition coefficient (Wildman–Crippen LogP) is 0.473. The van der Waals surface area contributed by atoms with Crippen molar-refractivity contribution in [3.63, 3.8) is 0 Å². The lowest BCUT2D eigenvalue weighted by Gasteiger charge is -2.21. The topological polar surface area (TPSA) is 79.8 Å². The van der Waals surface area contributed by atoms with Crippen molar-refractivity contribution in [3.05, 3.63) is 0 Å². The van der Waals surface area contributed by atoms with E-state index in [4.69, 9.17) is 9.47 Å². The number of fused-ring (bicyclic) bond motifs is 1. The van der Waals surface area contributed by atoms with Crippen molar-refractivity contribution in [2.75, 3.05) is 6.54 Å². The second-order valence-electron chi connectivity index (χ2n) is 7.60. The number of hydrogen-bond donors (Lipinski definition) is 3. The molecule has 0 aromatic carbocycles. The van der Waals surface area contributed by atoms with Gasteiger partial charge in [-0.1, -0.05) is 12.8 Å². The maximum Gasteiger partial charge on any atom is 0.222 e. The summed E-state index contributed by atoms with van der Waals surface area (Å²) in [5, 5.41) is 16.9. The van der Waals surface area contributed by atoms with Gasteiger partial charge in [0, 0.05) is 25.0 Å². The minimum Gasteiger partial charge on any atom is -0.388 e. The van der Waals surface area contributed by atoms with Crippen LogP contribution in [0, 0.1) is 0 Å². The van der Waals surface area contributed by atoms with E-state index in [-0.39, 0.29) is 30.3 Å². The zero-order chi connectivity index (χ0) is 15.8. The fourth-order valence-corrected chi connectivity index (χ4v) is 4.14. The molecule has 2 aliphatic heterocycles. The van der Waals surface area contributed by atoms with E-state index in [1.807, 2.05) is 0 Å². The normalized spacial score (nSPS) is 40.5. The van der Waals surface area contributed by atoms with E-state index in [9.17, 15) is 9.90 Å². The molecule has 0 spiro atoms. The summed E-state index contributed by atoms with van der Waals surface area (Å²) in [6, 6.07) is 0.960. The fourth-order valence-electron chi connectivity index (χ4n) is 4.14. The van der Waals surface area contributed by atoms with Crippen LogP contribution in [0.15, 0.2) is 0 Å². The number of amides is 1. The Morgan fingerprint density at radius 3 is 2.57 bits per heavy atom. The molecule has 0 aromatic heterocycles. The first-order valence-corrected chi connectivity index (χ1v) is 9.21. The zero-order valence-electron chi connectivity index (χ0n) is 13.6. The minimum atomic E-state index is -0.592. The van der Waals surface area contributed by atoms with E-state index < -0.39 is 6.10 Å². The molecule has 6 nitrogen and oxygen atoms in total. The van der Waals surface area contributed by atoms with Gasteiger partial charge in [0.25, 0.3) is 0 Å². The van der Waals surface area contributed by atoms with Gasteiger partial charge in [-0.2, -0.15) is 0 Å². The van der Waals surface area contributed by atoms with Gasteiger partial charge in [-0.3, -0.25) is 4.79 Å². The second kappa shape index (κ2) is 6.67. The maximum atomic E-state index is 11.9. The van der Waals surface area contributed by atoms with E-state index in [1.165, 1.54) is 25.7 Å². The van der Waals surface area contributed by atoms with Gasteiger partial charge < -0.3 is 25.2 Å². The number of aliphatic hydroxyl groups is 1. The van der Waals surface area contributed by atoms with Crippen molar-refractivity contribution < 1.29 is 19.4 Å². The summed E-state index contributed by atoms with van der Waals surface area (Å²) in [5.41, 5.74) is 0. The Kier molecular flexibility index (Phi) is 4.58. The number of ether oxygens (including phenoxy) is 2. The molecule has 130 valence electrons. The highest BCUT2D eigenvalue weighted by Crippen LogP contribution is 2.35. The molecule has 0 bridgehead atoms. The fraction of sp³-hybridized carbons (Fsp3) is 0.941. The molecule has 4 fully saturated rings. The van der Waals surface area contributed by atoms with E-state index in [0.717, 1.165) is 12.8 Å². The molecular formula is C17H28N2O4. The van der Waals surface area contributed by atoms with Crippen LogP contribution in [0.1, 0.15) is 51.4 Å². The molecule has 1 amide bonds. The highest BCUT2D eigenvalue weighted by Gasteiger charge is 2.50. The summed E-state index contributed by atoms with van der Waals surface area (Å²) >= 11 is 0. The minimum absolute atomic E-state index is 0.0615. The van der Waals surface area contributed by atoms with Crippen LogP contribution in [0.2, 0.25) is 0 Å². The Labute approximate surface area is 137 Å². The van der Waals surface area contributed by atoms with Gasteiger partial charge in [-0.05, 0) is 25.7 Å². The highest BCUT2D eigenvalue weighted by atomic mass is 16.6. The molecule has 2 saturated carbocycles. The summed E-state index contributed by atoms with van der Waals surface area (Å²) in [5.74, 6) is 0.0615. The van der Waals surface area contributed by atoms with Crippen molar-refractivity contribution in [2.45, 2.75) is 94.0 Å². The number of carbonyl (C=O) groups excluding carboxylic acids is 1. The van der Waals surface area contributed by atoms with Crippen LogP contribution in [-0.2, 0) is 14.3 Å². The Morgan fingerprint density at radius 1 is 1.09 bits per heavy atom. The Bertz CT molecular complexity index is 436. The molecule has 0 unspecified atom stereocenters. The summed E-state index contributed by atoms with van der Waals surface area (Å²) in [6.07, 6.45) is 7.08. The van der Waals surface area contributed by atoms with Crippen LogP contribution in [-0.4, -0.2) is 60.2 Å². The SMILES string of the molecule is O=C(C[C@@H]1C[C@H]2O[C@H](CNC3CCCC3)[C@@H](O)[C@H]2O1)NC1CC1. The first kappa shape index (κ1) is 15.8. The monoisotopic (exact) mass is 324 g/mol. The van der Waals surface area contributed by atoms with Gasteiger partial charge in [0.05, 0.1) is 24.7 Å². The van der Waals surface area contributed by atoms with Gasteiger partial charge >= 0.3 is 0 Å². The lowest BCUT2D eigenvalue weighted by atomic mass is 10.1. The third kappa shape index (κ3) is 3.71. The van der Waals surface area contributed by atoms with Crippen molar-refractivity contribution >= 4 is 5.91 Å². The van der Waals surface area contributed by atoms with Crippen LogP contribution in [0.5, 0.6) is 0 Å². The number of hydrogen-bond acceptors (Lipinski definition) is 5. The molecule has 4 rings (SSSR count). The molecule has 2 saturated heterocycles. The third-order valence-electron chi connectivity index (χ3n) is 5.60. The third-order valence-corrected chi connectivity index (χ3v) is 5.60. The van der Waals surface area contributed by atoms with Gasteiger partial charge in [0.2, 0.25) is 5.91 Å². The van der Waals surface area contributed by atoms with Crippen molar-refractivity contribution in [1.82, 2.24) is 10.6 Å². The lowest BCUT2D eigenvalue weighted by molar-refractivity contribution is -0.124. The largest absolute Gasteiger partial charge is 0.388 e. The van der Waals surface area contributed by atoms with Crippen LogP contribution in [0.3, 0.4) is 0 Å². The van der Waals surface area contributed by atoms with Crippen LogP contribution in [0.4, 0.5) is 0 Å². The summed E-state index contributed by atoms with van der Waals surface area (Å²) in [4.78, 5) is 11.9. The lowest BCUT2D eigenvalue weighted by Crippen LogP contribution is -2.41. The van der Waals surface area contributed by atoms with E-state index >= 15 is 0 Å².